The lowest BCUT2D eigenvalue weighted by molar-refractivity contribution is -0.205. The molecule has 0 bridgehead atoms. The molecule has 14 nitrogen and oxygen atoms in total. The summed E-state index contributed by atoms with van der Waals surface area (Å²) in [6, 6.07) is 7.67. The topological polar surface area (TPSA) is 180 Å². The third kappa shape index (κ3) is 8.67. The van der Waals surface area contributed by atoms with E-state index in [4.69, 9.17) is 20.0 Å². The number of amides is 3. The van der Waals surface area contributed by atoms with Gasteiger partial charge in [-0.25, -0.2) is 14.6 Å². The first-order valence-electron chi connectivity index (χ1n) is 16.8. The monoisotopic (exact) mass is 675 g/mol. The number of nitrogens with zero attached hydrogens (tertiary/aromatic N) is 4. The predicted octanol–water partition coefficient (Wildman–Crippen LogP) is 5.01. The zero-order chi connectivity index (χ0) is 35.0. The van der Waals surface area contributed by atoms with Crippen LogP contribution in [0.3, 0.4) is 0 Å². The van der Waals surface area contributed by atoms with Crippen LogP contribution in [0.25, 0.3) is 11.0 Å². The zero-order valence-electron chi connectivity index (χ0n) is 28.3. The maximum atomic E-state index is 13.0. The van der Waals surface area contributed by atoms with Crippen LogP contribution in [-0.2, 0) is 37.0 Å². The van der Waals surface area contributed by atoms with Gasteiger partial charge >= 0.3 is 12.1 Å². The van der Waals surface area contributed by atoms with Gasteiger partial charge in [0, 0.05) is 37.7 Å². The maximum Gasteiger partial charge on any atom is 0.407 e. The number of hydroxylamine groups is 2. The first-order chi connectivity index (χ1) is 23.6. The third-order valence-corrected chi connectivity index (χ3v) is 8.95. The first-order valence-corrected chi connectivity index (χ1v) is 16.8. The highest BCUT2D eigenvalue weighted by atomic mass is 16.7. The molecular formula is C35H45N7O7. The molecular weight excluding hydrogens is 630 g/mol. The van der Waals surface area contributed by atoms with Crippen LogP contribution in [0.15, 0.2) is 42.6 Å². The van der Waals surface area contributed by atoms with Crippen molar-refractivity contribution in [3.8, 4) is 5.75 Å². The van der Waals surface area contributed by atoms with Gasteiger partial charge in [-0.15, -0.1) is 5.06 Å². The van der Waals surface area contributed by atoms with Crippen LogP contribution in [0.1, 0.15) is 82.8 Å². The lowest BCUT2D eigenvalue weighted by atomic mass is 9.79. The van der Waals surface area contributed by atoms with E-state index in [0.29, 0.717) is 48.9 Å². The number of unbranched alkanes of at least 4 members (excludes halogenated alkanes) is 2. The van der Waals surface area contributed by atoms with E-state index < -0.39 is 35.4 Å². The fourth-order valence-corrected chi connectivity index (χ4v) is 6.01. The Kier molecular flexibility index (Phi) is 11.4. The summed E-state index contributed by atoms with van der Waals surface area (Å²) in [4.78, 5) is 63.7. The molecule has 2 aliphatic rings. The number of carbonyl (C=O) groups excluding carboxylic acids is 4. The van der Waals surface area contributed by atoms with Crippen molar-refractivity contribution in [2.75, 3.05) is 24.7 Å². The number of carbonyl (C=O) groups is 4. The average molecular weight is 676 g/mol. The van der Waals surface area contributed by atoms with Crippen molar-refractivity contribution in [2.24, 2.45) is 5.41 Å². The Morgan fingerprint density at radius 2 is 1.90 bits per heavy atom. The molecule has 2 aromatic heterocycles. The standard InChI is InChI=1S/C35H45N7O7/c1-4-5-8-18-37-31-30-26(39-33(36)40-31)15-19-41(30)22-24-11-10-23(20-27(24)47-3)21-38-34(46)48-25-9-6-7-16-35(2,17-14-25)32(45)49-42-28(43)12-13-29(42)44/h6,9-11,15,19-20,25H,4-5,7-8,12-14,16-18,21-22H2,1-3H3,(H,38,46)(H3,36,37,39,40)/b9-6+/t25-,35+/m0/s1. The van der Waals surface area contributed by atoms with Crippen LogP contribution in [0.2, 0.25) is 0 Å². The van der Waals surface area contributed by atoms with Gasteiger partial charge in [0.05, 0.1) is 24.6 Å². The number of allylic oxidation sites excluding steroid dienone is 1. The highest BCUT2D eigenvalue weighted by Crippen LogP contribution is 2.35. The van der Waals surface area contributed by atoms with Gasteiger partial charge in [-0.05, 0) is 62.8 Å². The van der Waals surface area contributed by atoms with E-state index in [1.54, 1.807) is 14.0 Å². The summed E-state index contributed by atoms with van der Waals surface area (Å²) in [5, 5.41) is 6.79. The highest BCUT2D eigenvalue weighted by molar-refractivity contribution is 6.01. The molecule has 3 heterocycles. The van der Waals surface area contributed by atoms with Crippen molar-refractivity contribution in [1.29, 1.82) is 0 Å². The Morgan fingerprint density at radius 3 is 2.65 bits per heavy atom. The second kappa shape index (κ2) is 15.8. The minimum atomic E-state index is -0.954. The number of aromatic nitrogens is 3. The molecule has 0 spiro atoms. The van der Waals surface area contributed by atoms with Gasteiger partial charge < -0.3 is 35.2 Å². The van der Waals surface area contributed by atoms with Crippen LogP contribution in [0.4, 0.5) is 16.6 Å². The van der Waals surface area contributed by atoms with Crippen molar-refractivity contribution >= 4 is 46.7 Å². The lowest BCUT2D eigenvalue weighted by Gasteiger charge is -2.30. The van der Waals surface area contributed by atoms with Crippen molar-refractivity contribution in [3.63, 3.8) is 0 Å². The second-order valence-electron chi connectivity index (χ2n) is 12.7. The molecule has 3 amide bonds. The summed E-state index contributed by atoms with van der Waals surface area (Å²) in [5.41, 5.74) is 8.38. The summed E-state index contributed by atoms with van der Waals surface area (Å²) >= 11 is 0. The number of hydrogen-bond acceptors (Lipinski definition) is 11. The van der Waals surface area contributed by atoms with E-state index >= 15 is 0 Å². The minimum Gasteiger partial charge on any atom is -0.496 e. The van der Waals surface area contributed by atoms with Gasteiger partial charge in [-0.2, -0.15) is 4.98 Å². The highest BCUT2D eigenvalue weighted by Gasteiger charge is 2.41. The quantitative estimate of drug-likeness (QED) is 0.126. The minimum absolute atomic E-state index is 0.0306. The lowest BCUT2D eigenvalue weighted by Crippen LogP contribution is -2.40. The van der Waals surface area contributed by atoms with Crippen LogP contribution >= 0.6 is 0 Å². The van der Waals surface area contributed by atoms with Gasteiger partial charge in [0.15, 0.2) is 5.82 Å². The van der Waals surface area contributed by atoms with Gasteiger partial charge in [0.2, 0.25) is 5.95 Å². The number of methoxy groups -OCH3 is 1. The van der Waals surface area contributed by atoms with E-state index in [9.17, 15) is 19.2 Å². The zero-order valence-corrected chi connectivity index (χ0v) is 28.3. The summed E-state index contributed by atoms with van der Waals surface area (Å²) in [7, 11) is 1.61. The fourth-order valence-electron chi connectivity index (χ4n) is 6.01. The number of nitrogen functional groups attached to an aromatic ring is 1. The molecule has 1 saturated heterocycles. The largest absolute Gasteiger partial charge is 0.496 e. The predicted molar refractivity (Wildman–Crippen MR) is 182 cm³/mol. The summed E-state index contributed by atoms with van der Waals surface area (Å²) in [5.74, 6) is -0.110. The Balaban J connectivity index is 1.17. The summed E-state index contributed by atoms with van der Waals surface area (Å²) < 4.78 is 13.5. The molecule has 4 N–H and O–H groups in total. The number of nitrogens with one attached hydrogen (secondary N) is 2. The van der Waals surface area contributed by atoms with Crippen LogP contribution in [0.5, 0.6) is 5.75 Å². The van der Waals surface area contributed by atoms with Crippen LogP contribution in [0, 0.1) is 5.41 Å². The van der Waals surface area contributed by atoms with E-state index in [-0.39, 0.29) is 25.3 Å². The van der Waals surface area contributed by atoms with Crippen molar-refractivity contribution < 1.29 is 33.5 Å². The van der Waals surface area contributed by atoms with Crippen LogP contribution in [-0.4, -0.2) is 63.2 Å². The molecule has 0 unspecified atom stereocenters. The summed E-state index contributed by atoms with van der Waals surface area (Å²) in [6.45, 7) is 5.40. The van der Waals surface area contributed by atoms with Crippen LogP contribution < -0.4 is 21.1 Å². The van der Waals surface area contributed by atoms with E-state index in [1.165, 1.54) is 0 Å². The van der Waals surface area contributed by atoms with Crippen molar-refractivity contribution in [1.82, 2.24) is 24.9 Å². The Morgan fingerprint density at radius 1 is 1.10 bits per heavy atom. The summed E-state index contributed by atoms with van der Waals surface area (Å²) in [6.07, 6.45) is 9.50. The molecule has 1 aromatic carbocycles. The van der Waals surface area contributed by atoms with E-state index in [1.807, 2.05) is 42.6 Å². The molecule has 1 aliphatic heterocycles. The molecule has 2 atom stereocenters. The number of alkyl carbamates (subject to hydrolysis) is 1. The number of imide groups is 1. The molecule has 14 heteroatoms. The van der Waals surface area contributed by atoms with Gasteiger partial charge in [0.25, 0.3) is 11.8 Å². The van der Waals surface area contributed by atoms with Gasteiger partial charge in [-0.3, -0.25) is 9.59 Å². The first kappa shape index (κ1) is 35.2. The van der Waals surface area contributed by atoms with Crippen molar-refractivity contribution in [3.05, 3.63) is 53.7 Å². The molecule has 262 valence electrons. The smallest absolute Gasteiger partial charge is 0.407 e. The molecule has 1 fully saturated rings. The fraction of sp³-hybridized carbons (Fsp3) is 0.486. The molecule has 5 rings (SSSR count). The molecule has 0 radical (unpaired) electrons. The van der Waals surface area contributed by atoms with E-state index in [2.05, 4.69) is 32.1 Å². The Bertz CT molecular complexity index is 1710. The number of ether oxygens (including phenoxy) is 2. The third-order valence-electron chi connectivity index (χ3n) is 8.95. The number of benzene rings is 1. The Hall–Kier alpha value is -5.14. The maximum absolute atomic E-state index is 13.0. The van der Waals surface area contributed by atoms with E-state index in [0.717, 1.165) is 48.0 Å². The molecule has 0 saturated carbocycles. The second-order valence-corrected chi connectivity index (χ2v) is 12.7. The Labute approximate surface area is 285 Å². The average Bonchev–Trinajstić information content (AvgIpc) is 3.63. The van der Waals surface area contributed by atoms with Gasteiger partial charge in [0.1, 0.15) is 17.4 Å². The normalized spacial score (nSPS) is 20.1. The number of fused-ring (bicyclic) bond motifs is 1. The van der Waals surface area contributed by atoms with Gasteiger partial charge in [-0.1, -0.05) is 38.0 Å². The molecule has 3 aromatic rings. The molecule has 1 aliphatic carbocycles. The van der Waals surface area contributed by atoms with Crippen molar-refractivity contribution in [2.45, 2.75) is 90.8 Å². The number of anilines is 2. The number of nitrogens with two attached hydrogens (primary N) is 1. The molecule has 49 heavy (non-hydrogen) atoms. The number of hydrogen-bond donors (Lipinski definition) is 3. The number of rotatable bonds is 13. The SMILES string of the molecule is CCCCCNc1nc(N)nc2ccn(Cc3ccc(CNC(=O)O[C@H]4/C=C/CC[C@@](C)(C(=O)ON5C(=O)CCC5=O)CC4)cc3OC)c12.